The van der Waals surface area contributed by atoms with E-state index in [1.54, 1.807) is 48.8 Å². The van der Waals surface area contributed by atoms with E-state index in [1.165, 1.54) is 6.26 Å². The average Bonchev–Trinajstić information content (AvgIpc) is 3.38. The van der Waals surface area contributed by atoms with Gasteiger partial charge in [-0.3, -0.25) is 9.59 Å². The second kappa shape index (κ2) is 7.59. The zero-order valence-corrected chi connectivity index (χ0v) is 15.9. The molecular weight excluding hydrogens is 370 g/mol. The Bertz CT molecular complexity index is 1180. The van der Waals surface area contributed by atoms with Crippen molar-refractivity contribution < 1.29 is 14.0 Å². The highest BCUT2D eigenvalue weighted by Crippen LogP contribution is 2.21. The number of fused-ring (bicyclic) bond motifs is 1. The SMILES string of the molecule is CC(C)n1ncc2cc(NC(=O)c3ccccc3NC(=O)c3ccco3)cnc21. The third-order valence-corrected chi connectivity index (χ3v) is 4.35. The van der Waals surface area contributed by atoms with Gasteiger partial charge in [-0.2, -0.15) is 5.10 Å². The van der Waals surface area contributed by atoms with E-state index in [9.17, 15) is 9.59 Å². The Morgan fingerprint density at radius 1 is 1.03 bits per heavy atom. The second-order valence-electron chi connectivity index (χ2n) is 6.75. The molecule has 2 N–H and O–H groups in total. The minimum atomic E-state index is -0.431. The zero-order chi connectivity index (χ0) is 20.4. The number of carbonyl (C=O) groups excluding carboxylic acids is 2. The highest BCUT2D eigenvalue weighted by Gasteiger charge is 2.16. The van der Waals surface area contributed by atoms with Crippen molar-refractivity contribution in [1.29, 1.82) is 0 Å². The Morgan fingerprint density at radius 2 is 1.86 bits per heavy atom. The number of aromatic nitrogens is 3. The van der Waals surface area contributed by atoms with Crippen LogP contribution >= 0.6 is 0 Å². The van der Waals surface area contributed by atoms with Gasteiger partial charge in [0.25, 0.3) is 11.8 Å². The molecule has 4 aromatic rings. The number of nitrogens with zero attached hydrogens (tertiary/aromatic N) is 3. The van der Waals surface area contributed by atoms with E-state index in [1.807, 2.05) is 24.6 Å². The van der Waals surface area contributed by atoms with Gasteiger partial charge in [0.2, 0.25) is 0 Å². The third kappa shape index (κ3) is 3.73. The number of rotatable bonds is 5. The Kier molecular flexibility index (Phi) is 4.82. The lowest BCUT2D eigenvalue weighted by atomic mass is 10.1. The van der Waals surface area contributed by atoms with Gasteiger partial charge < -0.3 is 15.1 Å². The summed E-state index contributed by atoms with van der Waals surface area (Å²) in [5, 5.41) is 10.7. The van der Waals surface area contributed by atoms with Gasteiger partial charge in [0.1, 0.15) is 0 Å². The molecular formula is C21H19N5O3. The van der Waals surface area contributed by atoms with Gasteiger partial charge in [-0.25, -0.2) is 9.67 Å². The van der Waals surface area contributed by atoms with Gasteiger partial charge in [0, 0.05) is 11.4 Å². The largest absolute Gasteiger partial charge is 0.459 e. The molecule has 0 radical (unpaired) electrons. The predicted molar refractivity (Wildman–Crippen MR) is 109 cm³/mol. The van der Waals surface area contributed by atoms with Crippen molar-refractivity contribution in [2.75, 3.05) is 10.6 Å². The first-order valence-electron chi connectivity index (χ1n) is 9.11. The summed E-state index contributed by atoms with van der Waals surface area (Å²) >= 11 is 0. The van der Waals surface area contributed by atoms with Crippen LogP contribution in [0.4, 0.5) is 11.4 Å². The fourth-order valence-corrected chi connectivity index (χ4v) is 2.97. The molecule has 0 aliphatic carbocycles. The number of hydrogen-bond acceptors (Lipinski definition) is 5. The van der Waals surface area contributed by atoms with Crippen LogP contribution in [0.1, 0.15) is 40.8 Å². The van der Waals surface area contributed by atoms with Crippen molar-refractivity contribution in [3.05, 3.63) is 72.4 Å². The van der Waals surface area contributed by atoms with Crippen LogP contribution in [-0.2, 0) is 0 Å². The van der Waals surface area contributed by atoms with E-state index < -0.39 is 5.91 Å². The van der Waals surface area contributed by atoms with Crippen LogP contribution in [0, 0.1) is 0 Å². The van der Waals surface area contributed by atoms with Crippen molar-refractivity contribution in [3.63, 3.8) is 0 Å². The molecule has 0 bridgehead atoms. The topological polar surface area (TPSA) is 102 Å². The lowest BCUT2D eigenvalue weighted by molar-refractivity contribution is 0.0996. The van der Waals surface area contributed by atoms with Gasteiger partial charge in [0.05, 0.1) is 35.6 Å². The maximum absolute atomic E-state index is 12.8. The molecule has 8 heteroatoms. The summed E-state index contributed by atoms with van der Waals surface area (Å²) in [5.74, 6) is -0.630. The minimum absolute atomic E-state index is 0.164. The first-order chi connectivity index (χ1) is 14.0. The van der Waals surface area contributed by atoms with Crippen LogP contribution in [0.3, 0.4) is 0 Å². The standard InChI is InChI=1S/C21H19N5O3/c1-13(2)26-19-14(11-23-26)10-15(12-22-19)24-20(27)16-6-3-4-7-17(16)25-21(28)18-8-5-9-29-18/h3-13H,1-2H3,(H,24,27)(H,25,28). The molecule has 29 heavy (non-hydrogen) atoms. The summed E-state index contributed by atoms with van der Waals surface area (Å²) in [6, 6.07) is 11.9. The van der Waals surface area contributed by atoms with Crippen molar-refractivity contribution in [1.82, 2.24) is 14.8 Å². The summed E-state index contributed by atoms with van der Waals surface area (Å²) in [7, 11) is 0. The number of para-hydroxylation sites is 1. The summed E-state index contributed by atoms with van der Waals surface area (Å²) in [6.45, 7) is 4.05. The molecule has 3 aromatic heterocycles. The molecule has 8 nitrogen and oxygen atoms in total. The van der Waals surface area contributed by atoms with Gasteiger partial charge in [-0.15, -0.1) is 0 Å². The van der Waals surface area contributed by atoms with E-state index >= 15 is 0 Å². The lowest BCUT2D eigenvalue weighted by Gasteiger charge is -2.11. The van der Waals surface area contributed by atoms with E-state index in [2.05, 4.69) is 20.7 Å². The molecule has 0 saturated carbocycles. The average molecular weight is 389 g/mol. The first kappa shape index (κ1) is 18.4. The van der Waals surface area contributed by atoms with Gasteiger partial charge in [-0.1, -0.05) is 12.1 Å². The van der Waals surface area contributed by atoms with Crippen molar-refractivity contribution in [2.24, 2.45) is 0 Å². The minimum Gasteiger partial charge on any atom is -0.459 e. The molecule has 0 aliphatic rings. The number of anilines is 2. The molecule has 2 amide bonds. The number of carbonyl (C=O) groups is 2. The van der Waals surface area contributed by atoms with E-state index in [0.717, 1.165) is 11.0 Å². The van der Waals surface area contributed by atoms with Crippen LogP contribution in [0.15, 0.2) is 65.5 Å². The van der Waals surface area contributed by atoms with Crippen molar-refractivity contribution in [2.45, 2.75) is 19.9 Å². The van der Waals surface area contributed by atoms with Gasteiger partial charge in [0.15, 0.2) is 11.4 Å². The molecule has 0 fully saturated rings. The number of benzene rings is 1. The maximum Gasteiger partial charge on any atom is 0.291 e. The summed E-state index contributed by atoms with van der Waals surface area (Å²) < 4.78 is 6.91. The van der Waals surface area contributed by atoms with Gasteiger partial charge >= 0.3 is 0 Å². The molecule has 4 rings (SSSR count). The second-order valence-corrected chi connectivity index (χ2v) is 6.75. The predicted octanol–water partition coefficient (Wildman–Crippen LogP) is 4.11. The number of hydrogen-bond donors (Lipinski definition) is 2. The molecule has 0 saturated heterocycles. The zero-order valence-electron chi connectivity index (χ0n) is 15.9. The van der Waals surface area contributed by atoms with Gasteiger partial charge in [-0.05, 0) is 44.2 Å². The van der Waals surface area contributed by atoms with Crippen LogP contribution in [0.5, 0.6) is 0 Å². The maximum atomic E-state index is 12.8. The Morgan fingerprint density at radius 3 is 2.62 bits per heavy atom. The van der Waals surface area contributed by atoms with Crippen LogP contribution in [0.2, 0.25) is 0 Å². The summed E-state index contributed by atoms with van der Waals surface area (Å²) in [5.41, 5.74) is 2.00. The normalized spacial score (nSPS) is 11.0. The lowest BCUT2D eigenvalue weighted by Crippen LogP contribution is -2.18. The van der Waals surface area contributed by atoms with E-state index in [0.29, 0.717) is 16.9 Å². The molecule has 0 aliphatic heterocycles. The number of amides is 2. The molecule has 0 spiro atoms. The monoisotopic (exact) mass is 389 g/mol. The fraction of sp³-hybridized carbons (Fsp3) is 0.143. The smallest absolute Gasteiger partial charge is 0.291 e. The quantitative estimate of drug-likeness (QED) is 0.535. The van der Waals surface area contributed by atoms with Crippen LogP contribution < -0.4 is 10.6 Å². The van der Waals surface area contributed by atoms with Crippen molar-refractivity contribution >= 4 is 34.2 Å². The highest BCUT2D eigenvalue weighted by atomic mass is 16.3. The van der Waals surface area contributed by atoms with Crippen LogP contribution in [0.25, 0.3) is 11.0 Å². The Hall–Kier alpha value is -3.94. The van der Waals surface area contributed by atoms with Crippen molar-refractivity contribution in [3.8, 4) is 0 Å². The fourth-order valence-electron chi connectivity index (χ4n) is 2.97. The highest BCUT2D eigenvalue weighted by molar-refractivity contribution is 6.12. The van der Waals surface area contributed by atoms with E-state index in [-0.39, 0.29) is 17.7 Å². The number of furan rings is 1. The Labute approximate surface area is 166 Å². The molecule has 0 atom stereocenters. The summed E-state index contributed by atoms with van der Waals surface area (Å²) in [4.78, 5) is 29.5. The van der Waals surface area contributed by atoms with Crippen LogP contribution in [-0.4, -0.2) is 26.6 Å². The molecule has 0 unspecified atom stereocenters. The summed E-state index contributed by atoms with van der Waals surface area (Å²) in [6.07, 6.45) is 4.72. The first-order valence-corrected chi connectivity index (χ1v) is 9.11. The van der Waals surface area contributed by atoms with E-state index in [4.69, 9.17) is 4.42 Å². The Balaban J connectivity index is 1.56. The number of nitrogens with one attached hydrogen (secondary N) is 2. The molecule has 146 valence electrons. The molecule has 1 aromatic carbocycles. The third-order valence-electron chi connectivity index (χ3n) is 4.35. The number of pyridine rings is 1. The molecule has 3 heterocycles.